The molecule has 1 unspecified atom stereocenters. The van der Waals surface area contributed by atoms with Crippen molar-refractivity contribution in [1.29, 1.82) is 0 Å². The van der Waals surface area contributed by atoms with Gasteiger partial charge in [-0.3, -0.25) is 4.79 Å². The maximum atomic E-state index is 15.0. The molecule has 1 atom stereocenters. The first-order valence-corrected chi connectivity index (χ1v) is 11.6. The Balaban J connectivity index is 1.62. The Labute approximate surface area is 200 Å². The lowest BCUT2D eigenvalue weighted by Gasteiger charge is -2.36. The van der Waals surface area contributed by atoms with Gasteiger partial charge in [-0.15, -0.1) is 0 Å². The Morgan fingerprint density at radius 3 is 2.56 bits per heavy atom. The smallest absolute Gasteiger partial charge is 0.338 e. The second-order valence-electron chi connectivity index (χ2n) is 7.70. The number of amides is 1. The molecule has 2 aliphatic rings. The summed E-state index contributed by atoms with van der Waals surface area (Å²) >= 11 is 1.32. The summed E-state index contributed by atoms with van der Waals surface area (Å²) in [6.07, 6.45) is 0.453. The monoisotopic (exact) mass is 483 g/mol. The van der Waals surface area contributed by atoms with Gasteiger partial charge in [-0.2, -0.15) is 0 Å². The summed E-state index contributed by atoms with van der Waals surface area (Å²) < 4.78 is 33.1. The van der Waals surface area contributed by atoms with Crippen LogP contribution in [-0.4, -0.2) is 29.1 Å². The fourth-order valence-corrected chi connectivity index (χ4v) is 4.87. The fourth-order valence-electron chi connectivity index (χ4n) is 3.93. The number of esters is 1. The fraction of sp³-hybridized carbons (Fsp3) is 0.240. The molecule has 0 bridgehead atoms. The van der Waals surface area contributed by atoms with Gasteiger partial charge in [0.25, 0.3) is 0 Å². The Morgan fingerprint density at radius 1 is 1.15 bits per heavy atom. The van der Waals surface area contributed by atoms with Crippen LogP contribution >= 0.6 is 11.8 Å². The number of methoxy groups -OCH3 is 1. The summed E-state index contributed by atoms with van der Waals surface area (Å²) in [4.78, 5) is 31.9. The van der Waals surface area contributed by atoms with Crippen molar-refractivity contribution >= 4 is 28.8 Å². The summed E-state index contributed by atoms with van der Waals surface area (Å²) in [5.74, 6) is -1.68. The summed E-state index contributed by atoms with van der Waals surface area (Å²) in [5.41, 5.74) is 2.41. The summed E-state index contributed by atoms with van der Waals surface area (Å²) in [5, 5.41) is 5.17. The average Bonchev–Trinajstić information content (AvgIpc) is 3.24. The van der Waals surface area contributed by atoms with Gasteiger partial charge in [0.2, 0.25) is 5.91 Å². The molecule has 0 radical (unpaired) electrons. The van der Waals surface area contributed by atoms with Crippen LogP contribution in [0.3, 0.4) is 0 Å². The second kappa shape index (κ2) is 10.2. The zero-order chi connectivity index (χ0) is 24.2. The largest absolute Gasteiger partial charge is 0.466 e. The van der Waals surface area contributed by atoms with Crippen LogP contribution in [0.2, 0.25) is 0 Å². The lowest BCUT2D eigenvalue weighted by atomic mass is 9.92. The van der Waals surface area contributed by atoms with E-state index in [0.29, 0.717) is 28.5 Å². The van der Waals surface area contributed by atoms with Crippen LogP contribution in [0.5, 0.6) is 0 Å². The van der Waals surface area contributed by atoms with E-state index in [0.717, 1.165) is 5.56 Å². The predicted molar refractivity (Wildman–Crippen MR) is 126 cm³/mol. The molecule has 9 heteroatoms. The number of allylic oxidation sites excluding steroid dienone is 1. The van der Waals surface area contributed by atoms with E-state index in [1.807, 2.05) is 6.92 Å². The van der Waals surface area contributed by atoms with E-state index in [-0.39, 0.29) is 30.3 Å². The van der Waals surface area contributed by atoms with E-state index < -0.39 is 17.8 Å². The van der Waals surface area contributed by atoms with Crippen molar-refractivity contribution in [3.63, 3.8) is 0 Å². The van der Waals surface area contributed by atoms with Gasteiger partial charge in [0.05, 0.1) is 30.8 Å². The van der Waals surface area contributed by atoms with Gasteiger partial charge in [-0.25, -0.2) is 18.6 Å². The van der Waals surface area contributed by atoms with Crippen molar-refractivity contribution in [1.82, 2.24) is 10.2 Å². The number of ether oxygens (including phenoxy) is 1. The number of benzene rings is 2. The molecule has 0 saturated heterocycles. The van der Waals surface area contributed by atoms with E-state index in [9.17, 15) is 18.4 Å². The minimum Gasteiger partial charge on any atom is -0.466 e. The molecular weight excluding hydrogens is 460 g/mol. The molecule has 6 nitrogen and oxygen atoms in total. The van der Waals surface area contributed by atoms with Crippen molar-refractivity contribution in [2.45, 2.75) is 32.4 Å². The van der Waals surface area contributed by atoms with E-state index in [1.165, 1.54) is 37.1 Å². The first-order chi connectivity index (χ1) is 16.4. The number of nitrogens with one attached hydrogen (secondary N) is 1. The van der Waals surface area contributed by atoms with E-state index in [4.69, 9.17) is 4.74 Å². The molecule has 1 amide bonds. The Morgan fingerprint density at radius 2 is 1.88 bits per heavy atom. The molecule has 0 aliphatic carbocycles. The molecule has 4 rings (SSSR count). The summed E-state index contributed by atoms with van der Waals surface area (Å²) in [7, 11) is 1.28. The van der Waals surface area contributed by atoms with Crippen LogP contribution in [0.1, 0.15) is 36.9 Å². The van der Waals surface area contributed by atoms with Crippen LogP contribution in [0.25, 0.3) is 0 Å². The molecule has 0 saturated carbocycles. The number of rotatable bonds is 7. The average molecular weight is 484 g/mol. The normalized spacial score (nSPS) is 17.2. The number of hydrogen-bond donors (Lipinski definition) is 1. The van der Waals surface area contributed by atoms with Gasteiger partial charge in [0.1, 0.15) is 11.6 Å². The Kier molecular flexibility index (Phi) is 7.12. The van der Waals surface area contributed by atoms with Crippen LogP contribution in [0, 0.1) is 11.6 Å². The van der Waals surface area contributed by atoms with Crippen LogP contribution in [0.15, 0.2) is 75.9 Å². The molecule has 2 heterocycles. The maximum absolute atomic E-state index is 15.0. The highest BCUT2D eigenvalue weighted by atomic mass is 32.2. The minimum absolute atomic E-state index is 0.00587. The summed E-state index contributed by atoms with van der Waals surface area (Å²) in [6.45, 7) is 2.11. The lowest BCUT2D eigenvalue weighted by Crippen LogP contribution is -2.38. The van der Waals surface area contributed by atoms with E-state index in [2.05, 4.69) is 10.3 Å². The number of halogens is 2. The first kappa shape index (κ1) is 23.7. The third-order valence-corrected chi connectivity index (χ3v) is 6.46. The zero-order valence-electron chi connectivity index (χ0n) is 18.7. The number of nitrogens with zero attached hydrogens (tertiary/aromatic N) is 2. The molecule has 0 spiro atoms. The number of thioether (sulfide) groups is 1. The predicted octanol–water partition coefficient (Wildman–Crippen LogP) is 4.81. The van der Waals surface area contributed by atoms with Crippen LogP contribution < -0.4 is 5.32 Å². The third-order valence-electron chi connectivity index (χ3n) is 5.57. The molecular formula is C25H23F2N3O3S. The van der Waals surface area contributed by atoms with Crippen molar-refractivity contribution in [3.8, 4) is 0 Å². The number of hydrogen-bond acceptors (Lipinski definition) is 6. The zero-order valence-corrected chi connectivity index (χ0v) is 19.5. The van der Waals surface area contributed by atoms with Crippen molar-refractivity contribution in [3.05, 3.63) is 93.7 Å². The third kappa shape index (κ3) is 4.75. The van der Waals surface area contributed by atoms with Gasteiger partial charge >= 0.3 is 5.97 Å². The van der Waals surface area contributed by atoms with Gasteiger partial charge in [-0.1, -0.05) is 49.0 Å². The number of carbonyl (C=O) groups is 2. The molecule has 2 aliphatic heterocycles. The lowest BCUT2D eigenvalue weighted by molar-refractivity contribution is -0.136. The minimum atomic E-state index is -0.817. The quantitative estimate of drug-likeness (QED) is 0.573. The number of amidine groups is 1. The molecule has 34 heavy (non-hydrogen) atoms. The molecule has 2 aromatic rings. The number of aliphatic imine (C=N–C) groups is 1. The van der Waals surface area contributed by atoms with Crippen molar-refractivity contribution < 1.29 is 23.1 Å². The van der Waals surface area contributed by atoms with E-state index >= 15 is 0 Å². The Bertz CT molecular complexity index is 1210. The Hall–Kier alpha value is -3.46. The van der Waals surface area contributed by atoms with E-state index in [1.54, 1.807) is 40.6 Å². The van der Waals surface area contributed by atoms with Gasteiger partial charge < -0.3 is 15.0 Å². The van der Waals surface area contributed by atoms with Crippen LogP contribution in [-0.2, 0) is 20.9 Å². The summed E-state index contributed by atoms with van der Waals surface area (Å²) in [6, 6.07) is 11.3. The molecule has 2 aromatic carbocycles. The molecule has 176 valence electrons. The van der Waals surface area contributed by atoms with Gasteiger partial charge in [-0.05, 0) is 35.6 Å². The standard InChI is InChI=1S/C25H23F2N3O3S/c1-3-20-22(24(32)33-2)23(18-6-4-5-7-19(18)27)30-17(14-34-25(30)29-20)12-21(31)28-13-15-8-10-16(26)11-9-15/h4-11,14,23H,3,12-13H2,1-2H3,(H,28,31). The molecule has 0 fully saturated rings. The highest BCUT2D eigenvalue weighted by Gasteiger charge is 2.42. The second-order valence-corrected chi connectivity index (χ2v) is 8.54. The maximum Gasteiger partial charge on any atom is 0.338 e. The SMILES string of the molecule is CCC1=C(C(=O)OC)C(c2ccccc2F)N2C(CC(=O)NCc3ccc(F)cc3)=CSC2=N1. The highest BCUT2D eigenvalue weighted by Crippen LogP contribution is 2.45. The van der Waals surface area contributed by atoms with Crippen LogP contribution in [0.4, 0.5) is 8.78 Å². The molecule has 1 N–H and O–H groups in total. The number of fused-ring (bicyclic) bond motifs is 1. The number of carbonyl (C=O) groups excluding carboxylic acids is 2. The van der Waals surface area contributed by atoms with Gasteiger partial charge in [0, 0.05) is 17.8 Å². The van der Waals surface area contributed by atoms with Gasteiger partial charge in [0.15, 0.2) is 5.17 Å². The topological polar surface area (TPSA) is 71.0 Å². The van der Waals surface area contributed by atoms with Crippen molar-refractivity contribution in [2.75, 3.05) is 7.11 Å². The first-order valence-electron chi connectivity index (χ1n) is 10.7. The highest BCUT2D eigenvalue weighted by molar-refractivity contribution is 8.16. The molecule has 0 aromatic heterocycles. The van der Waals surface area contributed by atoms with Crippen molar-refractivity contribution in [2.24, 2.45) is 4.99 Å².